The fourth-order valence-electron chi connectivity index (χ4n) is 2.64. The topological polar surface area (TPSA) is 63.2 Å². The minimum absolute atomic E-state index is 0.103. The lowest BCUT2D eigenvalue weighted by molar-refractivity contribution is -0.123. The van der Waals surface area contributed by atoms with Crippen LogP contribution in [0.5, 0.6) is 0 Å². The highest BCUT2D eigenvalue weighted by molar-refractivity contribution is 7.98. The average Bonchev–Trinajstić information content (AvgIpc) is 2.67. The standard InChI is InChI=1S/C19H23N3O2S/c23-19(13-24-17-7-10-20-11-8-17)22-16-3-5-18(6-4-16)25-14-15-2-1-9-21-12-15/h1-6,9,12,17,20H,7-8,10-11,13-14H2,(H,22,23). The number of amides is 1. The summed E-state index contributed by atoms with van der Waals surface area (Å²) in [5, 5.41) is 6.17. The van der Waals surface area contributed by atoms with Crippen LogP contribution >= 0.6 is 11.8 Å². The van der Waals surface area contributed by atoms with Gasteiger partial charge in [0.1, 0.15) is 6.61 Å². The molecular formula is C19H23N3O2S. The summed E-state index contributed by atoms with van der Waals surface area (Å²) in [5.74, 6) is 0.776. The van der Waals surface area contributed by atoms with Crippen molar-refractivity contribution in [3.05, 3.63) is 54.4 Å². The first-order valence-corrected chi connectivity index (χ1v) is 9.52. The lowest BCUT2D eigenvalue weighted by Crippen LogP contribution is -2.34. The highest BCUT2D eigenvalue weighted by Crippen LogP contribution is 2.23. The number of nitrogens with zero attached hydrogens (tertiary/aromatic N) is 1. The Labute approximate surface area is 152 Å². The summed E-state index contributed by atoms with van der Waals surface area (Å²) in [6.07, 6.45) is 5.79. The van der Waals surface area contributed by atoms with Crippen LogP contribution < -0.4 is 10.6 Å². The molecule has 6 heteroatoms. The Balaban J connectivity index is 1.41. The van der Waals surface area contributed by atoms with Gasteiger partial charge < -0.3 is 15.4 Å². The van der Waals surface area contributed by atoms with Crippen molar-refractivity contribution in [1.29, 1.82) is 0 Å². The Morgan fingerprint density at radius 3 is 2.76 bits per heavy atom. The molecule has 2 aromatic rings. The van der Waals surface area contributed by atoms with Crippen molar-refractivity contribution in [2.75, 3.05) is 25.0 Å². The van der Waals surface area contributed by atoms with Gasteiger partial charge in [-0.25, -0.2) is 0 Å². The van der Waals surface area contributed by atoms with Gasteiger partial charge in [-0.15, -0.1) is 11.8 Å². The van der Waals surface area contributed by atoms with Crippen LogP contribution in [0.2, 0.25) is 0 Å². The van der Waals surface area contributed by atoms with Crippen LogP contribution in [0.1, 0.15) is 18.4 Å². The van der Waals surface area contributed by atoms with E-state index in [4.69, 9.17) is 4.74 Å². The summed E-state index contributed by atoms with van der Waals surface area (Å²) >= 11 is 1.75. The van der Waals surface area contributed by atoms with E-state index in [0.29, 0.717) is 0 Å². The zero-order valence-corrected chi connectivity index (χ0v) is 14.9. The highest BCUT2D eigenvalue weighted by Gasteiger charge is 2.14. The number of thioether (sulfide) groups is 1. The van der Waals surface area contributed by atoms with Crippen LogP contribution in [0.4, 0.5) is 5.69 Å². The lowest BCUT2D eigenvalue weighted by Gasteiger charge is -2.22. The molecule has 3 rings (SSSR count). The summed E-state index contributed by atoms with van der Waals surface area (Å²) in [5.41, 5.74) is 1.99. The van der Waals surface area contributed by atoms with Gasteiger partial charge in [-0.05, 0) is 61.8 Å². The second kappa shape index (κ2) is 9.56. The van der Waals surface area contributed by atoms with Crippen molar-refractivity contribution in [3.8, 4) is 0 Å². The molecule has 0 atom stereocenters. The van der Waals surface area contributed by atoms with E-state index in [0.717, 1.165) is 42.3 Å². The Morgan fingerprint density at radius 1 is 1.24 bits per heavy atom. The predicted octanol–water partition coefficient (Wildman–Crippen LogP) is 3.08. The zero-order valence-electron chi connectivity index (χ0n) is 14.1. The van der Waals surface area contributed by atoms with E-state index in [-0.39, 0.29) is 18.6 Å². The predicted molar refractivity (Wildman–Crippen MR) is 101 cm³/mol. The molecule has 1 aliphatic rings. The second-order valence-corrected chi connectivity index (χ2v) is 7.03. The van der Waals surface area contributed by atoms with Crippen molar-refractivity contribution in [1.82, 2.24) is 10.3 Å². The minimum Gasteiger partial charge on any atom is -0.368 e. The molecule has 0 aliphatic carbocycles. The largest absolute Gasteiger partial charge is 0.368 e. The third kappa shape index (κ3) is 6.16. The Morgan fingerprint density at radius 2 is 2.04 bits per heavy atom. The van der Waals surface area contributed by atoms with Gasteiger partial charge in [0.2, 0.25) is 5.91 Å². The Kier molecular flexibility index (Phi) is 6.85. The van der Waals surface area contributed by atoms with Gasteiger partial charge in [0.15, 0.2) is 0 Å². The fourth-order valence-corrected chi connectivity index (χ4v) is 3.47. The maximum Gasteiger partial charge on any atom is 0.250 e. The number of rotatable bonds is 7. The van der Waals surface area contributed by atoms with E-state index in [9.17, 15) is 4.79 Å². The van der Waals surface area contributed by atoms with E-state index in [1.54, 1.807) is 18.0 Å². The van der Waals surface area contributed by atoms with Crippen molar-refractivity contribution < 1.29 is 9.53 Å². The van der Waals surface area contributed by atoms with Gasteiger partial charge in [0.25, 0.3) is 0 Å². The molecule has 5 nitrogen and oxygen atoms in total. The van der Waals surface area contributed by atoms with E-state index >= 15 is 0 Å². The molecule has 1 aliphatic heterocycles. The molecule has 0 saturated carbocycles. The van der Waals surface area contributed by atoms with Crippen LogP contribution in [-0.4, -0.2) is 36.7 Å². The summed E-state index contributed by atoms with van der Waals surface area (Å²) in [6.45, 7) is 2.04. The number of piperidine rings is 1. The van der Waals surface area contributed by atoms with Gasteiger partial charge in [0, 0.05) is 28.7 Å². The molecule has 1 aromatic heterocycles. The van der Waals surface area contributed by atoms with Crippen LogP contribution in [0.15, 0.2) is 53.7 Å². The summed E-state index contributed by atoms with van der Waals surface area (Å²) in [6, 6.07) is 11.9. The molecule has 132 valence electrons. The Hall–Kier alpha value is -1.89. The first kappa shape index (κ1) is 17.9. The number of ether oxygens (including phenoxy) is 1. The molecule has 2 heterocycles. The fraction of sp³-hybridized carbons (Fsp3) is 0.368. The molecule has 0 unspecified atom stereocenters. The van der Waals surface area contributed by atoms with Crippen molar-refractivity contribution >= 4 is 23.4 Å². The monoisotopic (exact) mass is 357 g/mol. The van der Waals surface area contributed by atoms with Crippen LogP contribution in [0.3, 0.4) is 0 Å². The summed E-state index contributed by atoms with van der Waals surface area (Å²) in [4.78, 5) is 17.3. The number of pyridine rings is 1. The molecule has 1 saturated heterocycles. The number of aromatic nitrogens is 1. The van der Waals surface area contributed by atoms with E-state index in [1.165, 1.54) is 5.56 Å². The maximum atomic E-state index is 12.0. The van der Waals surface area contributed by atoms with Crippen LogP contribution in [0, 0.1) is 0 Å². The van der Waals surface area contributed by atoms with Gasteiger partial charge in [0.05, 0.1) is 6.10 Å². The molecule has 0 bridgehead atoms. The van der Waals surface area contributed by atoms with E-state index in [2.05, 4.69) is 21.7 Å². The number of carbonyl (C=O) groups excluding carboxylic acids is 1. The van der Waals surface area contributed by atoms with Crippen LogP contribution in [-0.2, 0) is 15.3 Å². The SMILES string of the molecule is O=C(COC1CCNCC1)Nc1ccc(SCc2cccnc2)cc1. The number of carbonyl (C=O) groups is 1. The smallest absolute Gasteiger partial charge is 0.250 e. The van der Waals surface area contributed by atoms with Gasteiger partial charge in [-0.1, -0.05) is 6.07 Å². The summed E-state index contributed by atoms with van der Waals surface area (Å²) < 4.78 is 5.67. The summed E-state index contributed by atoms with van der Waals surface area (Å²) in [7, 11) is 0. The van der Waals surface area contributed by atoms with Crippen molar-refractivity contribution in [2.45, 2.75) is 29.6 Å². The Bertz CT molecular complexity index is 658. The number of hydrogen-bond donors (Lipinski definition) is 2. The molecular weight excluding hydrogens is 334 g/mol. The van der Waals surface area contributed by atoms with Crippen molar-refractivity contribution in [3.63, 3.8) is 0 Å². The number of hydrogen-bond acceptors (Lipinski definition) is 5. The lowest BCUT2D eigenvalue weighted by atomic mass is 10.1. The number of anilines is 1. The van der Waals surface area contributed by atoms with E-state index in [1.807, 2.05) is 36.5 Å². The molecule has 1 amide bonds. The second-order valence-electron chi connectivity index (χ2n) is 5.98. The number of nitrogens with one attached hydrogen (secondary N) is 2. The van der Waals surface area contributed by atoms with Crippen molar-refractivity contribution in [2.24, 2.45) is 0 Å². The molecule has 2 N–H and O–H groups in total. The van der Waals surface area contributed by atoms with Gasteiger partial charge in [-0.3, -0.25) is 9.78 Å². The minimum atomic E-state index is -0.103. The van der Waals surface area contributed by atoms with Gasteiger partial charge in [-0.2, -0.15) is 0 Å². The maximum absolute atomic E-state index is 12.0. The molecule has 0 spiro atoms. The third-order valence-electron chi connectivity index (χ3n) is 4.00. The van der Waals surface area contributed by atoms with Crippen LogP contribution in [0.25, 0.3) is 0 Å². The highest BCUT2D eigenvalue weighted by atomic mass is 32.2. The molecule has 0 radical (unpaired) electrons. The third-order valence-corrected chi connectivity index (χ3v) is 5.09. The number of benzene rings is 1. The van der Waals surface area contributed by atoms with E-state index < -0.39 is 0 Å². The molecule has 1 fully saturated rings. The van der Waals surface area contributed by atoms with Gasteiger partial charge >= 0.3 is 0 Å². The zero-order chi connectivity index (χ0) is 17.3. The normalized spacial score (nSPS) is 15.0. The molecule has 1 aromatic carbocycles. The first-order chi connectivity index (χ1) is 12.3. The average molecular weight is 357 g/mol. The quantitative estimate of drug-likeness (QED) is 0.746. The first-order valence-electron chi connectivity index (χ1n) is 8.53. The molecule has 25 heavy (non-hydrogen) atoms.